The molecule has 0 aliphatic carbocycles. The normalized spacial score (nSPS) is 11.6. The zero-order chi connectivity index (χ0) is 31.9. The van der Waals surface area contributed by atoms with Crippen LogP contribution in [0.5, 0.6) is 0 Å². The summed E-state index contributed by atoms with van der Waals surface area (Å²) < 4.78 is 4.69. The lowest BCUT2D eigenvalue weighted by Crippen LogP contribution is -2.10. The van der Waals surface area contributed by atoms with Crippen LogP contribution in [-0.2, 0) is 0 Å². The average Bonchev–Trinajstić information content (AvgIpc) is 3.62. The fourth-order valence-electron chi connectivity index (χ4n) is 6.94. The molecule has 0 unspecified atom stereocenters. The molecule has 0 atom stereocenters. The number of nitrogens with zero attached hydrogens (tertiary/aromatic N) is 3. The van der Waals surface area contributed by atoms with E-state index in [9.17, 15) is 0 Å². The second kappa shape index (κ2) is 11.7. The molecule has 6 aromatic carbocycles. The van der Waals surface area contributed by atoms with Crippen LogP contribution in [0.3, 0.4) is 0 Å². The van der Waals surface area contributed by atoms with E-state index in [-0.39, 0.29) is 0 Å². The van der Waals surface area contributed by atoms with Crippen molar-refractivity contribution in [3.63, 3.8) is 0 Å². The summed E-state index contributed by atoms with van der Waals surface area (Å²) in [5.74, 6) is 0. The summed E-state index contributed by atoms with van der Waals surface area (Å²) in [6, 6.07) is 52.4. The van der Waals surface area contributed by atoms with Gasteiger partial charge in [-0.2, -0.15) is 0 Å². The largest absolute Gasteiger partial charge is 0.311 e. The van der Waals surface area contributed by atoms with Gasteiger partial charge in [0.25, 0.3) is 0 Å². The fraction of sp³-hybridized carbons (Fsp3) is 0.0455. The summed E-state index contributed by atoms with van der Waals surface area (Å²) in [5, 5.41) is 3.73. The number of aromatic nitrogens is 2. The third-order valence-corrected chi connectivity index (χ3v) is 9.09. The highest BCUT2D eigenvalue weighted by molar-refractivity contribution is 6.09. The van der Waals surface area contributed by atoms with E-state index in [1.807, 2.05) is 6.08 Å². The maximum atomic E-state index is 4.14. The first-order chi connectivity index (χ1) is 23.2. The molecular formula is C44H35N3. The first kappa shape index (κ1) is 28.4. The molecule has 3 heteroatoms. The van der Waals surface area contributed by atoms with E-state index in [0.717, 1.165) is 39.7 Å². The zero-order valence-corrected chi connectivity index (χ0v) is 26.6. The van der Waals surface area contributed by atoms with Crippen LogP contribution in [0, 0.1) is 6.92 Å². The molecule has 8 rings (SSSR count). The van der Waals surface area contributed by atoms with E-state index in [1.54, 1.807) is 0 Å². The smallest absolute Gasteiger partial charge is 0.0541 e. The lowest BCUT2D eigenvalue weighted by molar-refractivity contribution is 1.10. The highest BCUT2D eigenvalue weighted by Crippen LogP contribution is 2.38. The van der Waals surface area contributed by atoms with Gasteiger partial charge in [0.05, 0.1) is 22.2 Å². The lowest BCUT2D eigenvalue weighted by atomic mass is 10.1. The predicted molar refractivity (Wildman–Crippen MR) is 202 cm³/mol. The Bertz CT molecular complexity index is 2370. The fourth-order valence-corrected chi connectivity index (χ4v) is 6.94. The van der Waals surface area contributed by atoms with Crippen LogP contribution in [0.2, 0.25) is 0 Å². The summed E-state index contributed by atoms with van der Waals surface area (Å²) in [5.41, 5.74) is 12.7. The molecule has 47 heavy (non-hydrogen) atoms. The molecule has 0 radical (unpaired) electrons. The van der Waals surface area contributed by atoms with Crippen molar-refractivity contribution in [2.24, 2.45) is 0 Å². The number of para-hydroxylation sites is 3. The maximum Gasteiger partial charge on any atom is 0.0541 e. The van der Waals surface area contributed by atoms with Crippen molar-refractivity contribution in [2.45, 2.75) is 13.8 Å². The third-order valence-electron chi connectivity index (χ3n) is 9.09. The topological polar surface area (TPSA) is 13.1 Å². The Kier molecular flexibility index (Phi) is 7.08. The van der Waals surface area contributed by atoms with Crippen molar-refractivity contribution in [3.05, 3.63) is 175 Å². The number of aryl methyl sites for hydroxylation is 1. The standard InChI is InChI=1S/C44H35N3/c1-4-12-41-37(5-2)38-13-6-9-16-42(38)46(41)35-27-23-33(24-28-35)45(32-21-19-31(3)20-22-32)34-25-29-36(30-26-34)47-43-17-10-7-14-39(43)40-15-8-11-18-44(40)47/h4-30H,2H2,1,3H3/b12-4-. The molecule has 3 nitrogen and oxygen atoms in total. The van der Waals surface area contributed by atoms with Crippen LogP contribution < -0.4 is 4.90 Å². The number of fused-ring (bicyclic) bond motifs is 4. The molecule has 0 aliphatic heterocycles. The summed E-state index contributed by atoms with van der Waals surface area (Å²) in [6.45, 7) is 8.33. The van der Waals surface area contributed by atoms with Crippen LogP contribution in [0.15, 0.2) is 158 Å². The van der Waals surface area contributed by atoms with E-state index in [2.05, 4.69) is 192 Å². The first-order valence-corrected chi connectivity index (χ1v) is 16.1. The van der Waals surface area contributed by atoms with Gasteiger partial charge in [0.1, 0.15) is 0 Å². The van der Waals surface area contributed by atoms with Gasteiger partial charge in [0.15, 0.2) is 0 Å². The van der Waals surface area contributed by atoms with Gasteiger partial charge in [-0.15, -0.1) is 0 Å². The monoisotopic (exact) mass is 605 g/mol. The molecule has 0 fully saturated rings. The van der Waals surface area contributed by atoms with E-state index >= 15 is 0 Å². The van der Waals surface area contributed by atoms with Gasteiger partial charge in [0, 0.05) is 50.2 Å². The van der Waals surface area contributed by atoms with Crippen LogP contribution in [0.4, 0.5) is 17.1 Å². The summed E-state index contributed by atoms with van der Waals surface area (Å²) >= 11 is 0. The number of anilines is 3. The van der Waals surface area contributed by atoms with E-state index in [0.29, 0.717) is 0 Å². The first-order valence-electron chi connectivity index (χ1n) is 16.1. The van der Waals surface area contributed by atoms with Crippen molar-refractivity contribution in [2.75, 3.05) is 4.90 Å². The zero-order valence-electron chi connectivity index (χ0n) is 26.6. The Morgan fingerprint density at radius 3 is 1.43 bits per heavy atom. The SMILES string of the molecule is C=Cc1c(/C=C\C)n(-c2ccc(N(c3ccc(C)cc3)c3ccc(-n4c5ccccc5c5ccccc54)cc3)cc2)c2ccccc12. The molecule has 226 valence electrons. The molecule has 8 aromatic rings. The van der Waals surface area contributed by atoms with Gasteiger partial charge < -0.3 is 14.0 Å². The Morgan fingerprint density at radius 1 is 0.511 bits per heavy atom. The lowest BCUT2D eigenvalue weighted by Gasteiger charge is -2.26. The van der Waals surface area contributed by atoms with E-state index < -0.39 is 0 Å². The summed E-state index contributed by atoms with van der Waals surface area (Å²) in [7, 11) is 0. The molecule has 0 spiro atoms. The minimum Gasteiger partial charge on any atom is -0.311 e. The quantitative estimate of drug-likeness (QED) is 0.176. The van der Waals surface area contributed by atoms with Crippen LogP contribution in [-0.4, -0.2) is 9.13 Å². The summed E-state index contributed by atoms with van der Waals surface area (Å²) in [6.07, 6.45) is 6.22. The maximum absolute atomic E-state index is 4.14. The predicted octanol–water partition coefficient (Wildman–Crippen LogP) is 12.2. The van der Waals surface area contributed by atoms with Crippen molar-refractivity contribution >= 4 is 61.9 Å². The van der Waals surface area contributed by atoms with Crippen molar-refractivity contribution in [3.8, 4) is 11.4 Å². The second-order valence-corrected chi connectivity index (χ2v) is 11.9. The van der Waals surface area contributed by atoms with Gasteiger partial charge in [0.2, 0.25) is 0 Å². The average molecular weight is 606 g/mol. The van der Waals surface area contributed by atoms with Gasteiger partial charge in [-0.1, -0.05) is 91.0 Å². The minimum atomic E-state index is 1.09. The van der Waals surface area contributed by atoms with Crippen LogP contribution >= 0.6 is 0 Å². The van der Waals surface area contributed by atoms with Crippen LogP contribution in [0.1, 0.15) is 23.7 Å². The van der Waals surface area contributed by atoms with Gasteiger partial charge in [-0.05, 0) is 98.8 Å². The van der Waals surface area contributed by atoms with Gasteiger partial charge in [-0.25, -0.2) is 0 Å². The van der Waals surface area contributed by atoms with Gasteiger partial charge in [-0.3, -0.25) is 0 Å². The number of hydrogen-bond acceptors (Lipinski definition) is 1. The van der Waals surface area contributed by atoms with E-state index in [4.69, 9.17) is 0 Å². The summed E-state index contributed by atoms with van der Waals surface area (Å²) in [4.78, 5) is 2.33. The molecule has 0 bridgehead atoms. The number of allylic oxidation sites excluding steroid dienone is 1. The highest BCUT2D eigenvalue weighted by atomic mass is 15.1. The number of rotatable bonds is 7. The van der Waals surface area contributed by atoms with Crippen molar-refractivity contribution in [1.82, 2.24) is 9.13 Å². The molecule has 2 heterocycles. The Morgan fingerprint density at radius 2 is 0.936 bits per heavy atom. The molecule has 0 saturated heterocycles. The molecule has 0 aliphatic rings. The molecular weight excluding hydrogens is 571 g/mol. The highest BCUT2D eigenvalue weighted by Gasteiger charge is 2.17. The van der Waals surface area contributed by atoms with Crippen molar-refractivity contribution in [1.29, 1.82) is 0 Å². The number of benzene rings is 6. The Labute approximate surface area is 275 Å². The van der Waals surface area contributed by atoms with Gasteiger partial charge >= 0.3 is 0 Å². The number of hydrogen-bond donors (Lipinski definition) is 0. The Balaban J connectivity index is 1.24. The molecule has 2 aromatic heterocycles. The second-order valence-electron chi connectivity index (χ2n) is 11.9. The molecule has 0 amide bonds. The molecule has 0 N–H and O–H groups in total. The molecule has 0 saturated carbocycles. The minimum absolute atomic E-state index is 1.09. The Hall–Kier alpha value is -6.06. The third kappa shape index (κ3) is 4.76. The van der Waals surface area contributed by atoms with Crippen LogP contribution in [0.25, 0.3) is 56.2 Å². The van der Waals surface area contributed by atoms with E-state index in [1.165, 1.54) is 38.3 Å². The van der Waals surface area contributed by atoms with Crippen molar-refractivity contribution < 1.29 is 0 Å².